The molecule has 0 amide bonds. The zero-order valence-electron chi connectivity index (χ0n) is 9.49. The van der Waals surface area contributed by atoms with E-state index in [-0.39, 0.29) is 0 Å². The monoisotopic (exact) mass is 207 g/mol. The fourth-order valence-corrected chi connectivity index (χ4v) is 1.08. The van der Waals surface area contributed by atoms with E-state index in [1.54, 1.807) is 0 Å². The van der Waals surface area contributed by atoms with Crippen LogP contribution in [-0.4, -0.2) is 19.3 Å². The number of ether oxygens (including phenoxy) is 2. The van der Waals surface area contributed by atoms with Gasteiger partial charge in [-0.25, -0.2) is 0 Å². The van der Waals surface area contributed by atoms with E-state index in [9.17, 15) is 0 Å². The molecule has 1 aromatic rings. The molecule has 0 saturated carbocycles. The van der Waals surface area contributed by atoms with Crippen LogP contribution in [0.25, 0.3) is 0 Å². The van der Waals surface area contributed by atoms with Crippen molar-refractivity contribution in [1.82, 2.24) is 0 Å². The third-order valence-corrected chi connectivity index (χ3v) is 1.79. The Morgan fingerprint density at radius 3 is 2.07 bits per heavy atom. The van der Waals surface area contributed by atoms with Crippen molar-refractivity contribution in [2.45, 2.75) is 20.8 Å². The van der Waals surface area contributed by atoms with E-state index in [0.29, 0.717) is 19.3 Å². The first-order valence-electron chi connectivity index (χ1n) is 5.17. The van der Waals surface area contributed by atoms with Crippen LogP contribution in [0.3, 0.4) is 0 Å². The van der Waals surface area contributed by atoms with Crippen molar-refractivity contribution < 1.29 is 9.47 Å². The predicted octanol–water partition coefficient (Wildman–Crippen LogP) is 3.06. The van der Waals surface area contributed by atoms with Gasteiger partial charge in [0.2, 0.25) is 0 Å². The van der Waals surface area contributed by atoms with Crippen LogP contribution in [0.15, 0.2) is 29.3 Å². The molecule has 3 heteroatoms. The lowest BCUT2D eigenvalue weighted by Gasteiger charge is -2.06. The van der Waals surface area contributed by atoms with Gasteiger partial charge >= 0.3 is 6.08 Å². The second-order valence-corrected chi connectivity index (χ2v) is 3.08. The highest BCUT2D eigenvalue weighted by Crippen LogP contribution is 2.13. The van der Waals surface area contributed by atoms with Gasteiger partial charge in [-0.05, 0) is 32.9 Å². The SMILES string of the molecule is CCOC(=Nc1ccc(C)cc1)OCC. The predicted molar refractivity (Wildman–Crippen MR) is 61.5 cm³/mol. The molecule has 0 aromatic heterocycles. The molecule has 15 heavy (non-hydrogen) atoms. The summed E-state index contributed by atoms with van der Waals surface area (Å²) in [5.74, 6) is 0. The van der Waals surface area contributed by atoms with E-state index >= 15 is 0 Å². The van der Waals surface area contributed by atoms with Crippen LogP contribution in [0.1, 0.15) is 19.4 Å². The first kappa shape index (κ1) is 11.6. The molecule has 0 aliphatic heterocycles. The average Bonchev–Trinajstić information content (AvgIpc) is 2.22. The lowest BCUT2D eigenvalue weighted by molar-refractivity contribution is 0.182. The molecular formula is C12H17NO2. The summed E-state index contributed by atoms with van der Waals surface area (Å²) in [5, 5.41) is 0. The van der Waals surface area contributed by atoms with Gasteiger partial charge in [0.15, 0.2) is 0 Å². The normalized spacial score (nSPS) is 9.53. The summed E-state index contributed by atoms with van der Waals surface area (Å²) in [6.45, 7) is 6.97. The number of aryl methyl sites for hydroxylation is 1. The average molecular weight is 207 g/mol. The summed E-state index contributed by atoms with van der Waals surface area (Å²) in [7, 11) is 0. The molecule has 0 radical (unpaired) electrons. The first-order valence-corrected chi connectivity index (χ1v) is 5.17. The van der Waals surface area contributed by atoms with Gasteiger partial charge in [-0.3, -0.25) is 0 Å². The summed E-state index contributed by atoms with van der Waals surface area (Å²) < 4.78 is 10.5. The summed E-state index contributed by atoms with van der Waals surface area (Å²) >= 11 is 0. The second-order valence-electron chi connectivity index (χ2n) is 3.08. The maximum absolute atomic E-state index is 5.24. The molecule has 1 rings (SSSR count). The van der Waals surface area contributed by atoms with Gasteiger partial charge in [0.05, 0.1) is 18.9 Å². The van der Waals surface area contributed by atoms with Crippen molar-refractivity contribution in [2.75, 3.05) is 13.2 Å². The summed E-state index contributed by atoms with van der Waals surface area (Å²) in [6, 6.07) is 7.89. The molecule has 3 nitrogen and oxygen atoms in total. The van der Waals surface area contributed by atoms with Gasteiger partial charge < -0.3 is 9.47 Å². The summed E-state index contributed by atoms with van der Waals surface area (Å²) in [6.07, 6.45) is 0.337. The summed E-state index contributed by atoms with van der Waals surface area (Å²) in [4.78, 5) is 4.25. The minimum Gasteiger partial charge on any atom is -0.451 e. The van der Waals surface area contributed by atoms with Crippen molar-refractivity contribution >= 4 is 11.8 Å². The van der Waals surface area contributed by atoms with E-state index in [4.69, 9.17) is 9.47 Å². The van der Waals surface area contributed by atoms with Gasteiger partial charge in [0.1, 0.15) is 0 Å². The Morgan fingerprint density at radius 2 is 1.60 bits per heavy atom. The van der Waals surface area contributed by atoms with Crippen molar-refractivity contribution in [1.29, 1.82) is 0 Å². The zero-order chi connectivity index (χ0) is 11.1. The molecule has 0 unspecified atom stereocenters. The van der Waals surface area contributed by atoms with Gasteiger partial charge in [0, 0.05) is 0 Å². The third-order valence-electron chi connectivity index (χ3n) is 1.79. The highest BCUT2D eigenvalue weighted by molar-refractivity contribution is 5.71. The molecule has 82 valence electrons. The van der Waals surface area contributed by atoms with Crippen LogP contribution in [-0.2, 0) is 9.47 Å². The maximum atomic E-state index is 5.24. The van der Waals surface area contributed by atoms with Crippen molar-refractivity contribution in [3.8, 4) is 0 Å². The molecule has 0 spiro atoms. The summed E-state index contributed by atoms with van der Waals surface area (Å²) in [5.41, 5.74) is 2.06. The molecule has 0 saturated heterocycles. The lowest BCUT2D eigenvalue weighted by atomic mass is 10.2. The van der Waals surface area contributed by atoms with Crippen LogP contribution in [0.4, 0.5) is 5.69 Å². The molecule has 0 bridgehead atoms. The van der Waals surface area contributed by atoms with Gasteiger partial charge in [-0.15, -0.1) is 0 Å². The number of rotatable bonds is 3. The fraction of sp³-hybridized carbons (Fsp3) is 0.417. The Morgan fingerprint density at radius 1 is 1.07 bits per heavy atom. The lowest BCUT2D eigenvalue weighted by Crippen LogP contribution is -2.08. The molecule has 0 aliphatic carbocycles. The highest BCUT2D eigenvalue weighted by Gasteiger charge is 1.99. The minimum absolute atomic E-state index is 0.337. The molecule has 0 N–H and O–H groups in total. The minimum atomic E-state index is 0.337. The number of nitrogens with zero attached hydrogens (tertiary/aromatic N) is 1. The molecule has 0 heterocycles. The smallest absolute Gasteiger partial charge is 0.388 e. The van der Waals surface area contributed by atoms with Crippen LogP contribution in [0, 0.1) is 6.92 Å². The number of aliphatic imine (C=N–C) groups is 1. The van der Waals surface area contributed by atoms with Crippen molar-refractivity contribution in [2.24, 2.45) is 4.99 Å². The topological polar surface area (TPSA) is 30.8 Å². The molecular weight excluding hydrogens is 190 g/mol. The quantitative estimate of drug-likeness (QED) is 0.563. The standard InChI is InChI=1S/C12H17NO2/c1-4-14-12(15-5-2)13-11-8-6-10(3)7-9-11/h6-9H,4-5H2,1-3H3. The van der Waals surface area contributed by atoms with E-state index < -0.39 is 0 Å². The maximum Gasteiger partial charge on any atom is 0.388 e. The first-order chi connectivity index (χ1) is 7.26. The zero-order valence-corrected chi connectivity index (χ0v) is 9.49. The number of hydrogen-bond acceptors (Lipinski definition) is 3. The van der Waals surface area contributed by atoms with Crippen molar-refractivity contribution in [3.05, 3.63) is 29.8 Å². The van der Waals surface area contributed by atoms with Crippen molar-refractivity contribution in [3.63, 3.8) is 0 Å². The third kappa shape index (κ3) is 4.02. The van der Waals surface area contributed by atoms with E-state index in [0.717, 1.165) is 5.69 Å². The highest BCUT2D eigenvalue weighted by atomic mass is 16.7. The second kappa shape index (κ2) is 6.06. The Kier molecular flexibility index (Phi) is 4.68. The van der Waals surface area contributed by atoms with Gasteiger partial charge in [-0.2, -0.15) is 4.99 Å². The number of hydrogen-bond donors (Lipinski definition) is 0. The Bertz CT molecular complexity index is 309. The Hall–Kier alpha value is -1.51. The fourth-order valence-electron chi connectivity index (χ4n) is 1.08. The molecule has 0 aliphatic rings. The molecule has 0 fully saturated rings. The van der Waals surface area contributed by atoms with E-state index in [2.05, 4.69) is 4.99 Å². The Labute approximate surface area is 90.7 Å². The van der Waals surface area contributed by atoms with Gasteiger partial charge in [0.25, 0.3) is 0 Å². The van der Waals surface area contributed by atoms with E-state index in [1.165, 1.54) is 5.56 Å². The van der Waals surface area contributed by atoms with Crippen LogP contribution >= 0.6 is 0 Å². The van der Waals surface area contributed by atoms with Gasteiger partial charge in [-0.1, -0.05) is 17.7 Å². The largest absolute Gasteiger partial charge is 0.451 e. The van der Waals surface area contributed by atoms with Crippen LogP contribution < -0.4 is 0 Å². The Balaban J connectivity index is 2.76. The number of benzene rings is 1. The van der Waals surface area contributed by atoms with Crippen LogP contribution in [0.5, 0.6) is 0 Å². The van der Waals surface area contributed by atoms with E-state index in [1.807, 2.05) is 45.0 Å². The van der Waals surface area contributed by atoms with Crippen LogP contribution in [0.2, 0.25) is 0 Å². The molecule has 0 atom stereocenters. The molecule has 1 aromatic carbocycles.